The van der Waals surface area contributed by atoms with Crippen molar-refractivity contribution < 1.29 is 23.8 Å². The molecule has 1 atom stereocenters. The molecular weight excluding hydrogens is 458 g/mol. The van der Waals surface area contributed by atoms with Crippen LogP contribution in [-0.4, -0.2) is 24.6 Å². The minimum Gasteiger partial charge on any atom is -0.507 e. The Hall–Kier alpha value is -3.48. The van der Waals surface area contributed by atoms with Crippen LogP contribution in [-0.2, 0) is 4.74 Å². The Bertz CT molecular complexity index is 1010. The molecule has 1 heterocycles. The summed E-state index contributed by atoms with van der Waals surface area (Å²) in [7, 11) is 1.52. The summed E-state index contributed by atoms with van der Waals surface area (Å²) in [4.78, 5) is 23.5. The molecule has 0 bridgehead atoms. The van der Waals surface area contributed by atoms with Crippen LogP contribution in [0.4, 0.5) is 0 Å². The number of hydrogen-bond donors (Lipinski definition) is 2. The van der Waals surface area contributed by atoms with Crippen LogP contribution in [0.15, 0.2) is 64.3 Å². The minimum atomic E-state index is -0.785. The molecule has 0 aliphatic heterocycles. The molecule has 36 heavy (non-hydrogen) atoms. The molecule has 0 aliphatic rings. The van der Waals surface area contributed by atoms with Crippen LogP contribution in [0, 0.1) is 6.92 Å². The van der Waals surface area contributed by atoms with Gasteiger partial charge in [-0.3, -0.25) is 4.79 Å². The molecule has 7 nitrogen and oxygen atoms in total. The van der Waals surface area contributed by atoms with E-state index in [4.69, 9.17) is 13.9 Å². The highest BCUT2D eigenvalue weighted by Gasteiger charge is 2.19. The van der Waals surface area contributed by atoms with Crippen LogP contribution in [0.25, 0.3) is 0 Å². The minimum absolute atomic E-state index is 0.0744. The molecular formula is C29H43NO6. The van der Waals surface area contributed by atoms with Gasteiger partial charge in [0.05, 0.1) is 13.7 Å². The van der Waals surface area contributed by atoms with E-state index in [0.717, 1.165) is 25.2 Å². The molecule has 0 amide bonds. The molecule has 2 aromatic rings. The van der Waals surface area contributed by atoms with Gasteiger partial charge in [0.2, 0.25) is 0 Å². The van der Waals surface area contributed by atoms with Gasteiger partial charge in [-0.15, -0.1) is 0 Å². The van der Waals surface area contributed by atoms with Gasteiger partial charge in [0, 0.05) is 18.4 Å². The molecule has 1 aromatic carbocycles. The van der Waals surface area contributed by atoms with Crippen molar-refractivity contribution in [2.75, 3.05) is 13.7 Å². The van der Waals surface area contributed by atoms with Gasteiger partial charge >= 0.3 is 5.63 Å². The van der Waals surface area contributed by atoms with Gasteiger partial charge in [0.15, 0.2) is 11.7 Å². The first-order valence-electron chi connectivity index (χ1n) is 12.5. The number of hydrogen-bond acceptors (Lipinski definition) is 7. The number of nitrogens with one attached hydrogen (secondary N) is 1. The fraction of sp³-hybridized carbons (Fsp3) is 0.448. The van der Waals surface area contributed by atoms with Crippen LogP contribution in [0.5, 0.6) is 11.5 Å². The summed E-state index contributed by atoms with van der Waals surface area (Å²) in [5.74, 6) is 0.970. The van der Waals surface area contributed by atoms with Crippen LogP contribution < -0.4 is 15.7 Å². The third-order valence-corrected chi connectivity index (χ3v) is 4.87. The zero-order valence-electron chi connectivity index (χ0n) is 22.8. The monoisotopic (exact) mass is 501 g/mol. The summed E-state index contributed by atoms with van der Waals surface area (Å²) < 4.78 is 15.5. The third kappa shape index (κ3) is 12.3. The van der Waals surface area contributed by atoms with Gasteiger partial charge in [-0.25, -0.2) is 4.79 Å². The molecule has 7 heteroatoms. The Balaban J connectivity index is 0.000000784. The van der Waals surface area contributed by atoms with Crippen molar-refractivity contribution >= 4 is 5.78 Å². The Kier molecular flexibility index (Phi) is 17.0. The van der Waals surface area contributed by atoms with E-state index in [-0.39, 0.29) is 23.7 Å². The Morgan fingerprint density at radius 2 is 1.94 bits per heavy atom. The van der Waals surface area contributed by atoms with Crippen molar-refractivity contribution in [1.29, 1.82) is 0 Å². The highest BCUT2D eigenvalue weighted by molar-refractivity contribution is 5.97. The van der Waals surface area contributed by atoms with Gasteiger partial charge in [0.25, 0.3) is 0 Å². The topological polar surface area (TPSA) is 98.0 Å². The lowest BCUT2D eigenvalue weighted by Crippen LogP contribution is -2.15. The van der Waals surface area contributed by atoms with E-state index >= 15 is 0 Å². The number of ketones is 1. The number of aryl methyl sites for hydroxylation is 1. The van der Waals surface area contributed by atoms with Crippen LogP contribution in [0.3, 0.4) is 0 Å². The first-order chi connectivity index (χ1) is 17.2. The first kappa shape index (κ1) is 32.5. The number of carbonyl (C=O) groups excluding carboxylic acids is 1. The molecule has 0 aliphatic carbocycles. The lowest BCUT2D eigenvalue weighted by molar-refractivity contribution is 0.0980. The average molecular weight is 502 g/mol. The molecule has 2 rings (SSSR count). The summed E-state index contributed by atoms with van der Waals surface area (Å²) in [6.07, 6.45) is 6.25. The quantitative estimate of drug-likeness (QED) is 0.242. The van der Waals surface area contributed by atoms with E-state index in [9.17, 15) is 14.7 Å². The second-order valence-corrected chi connectivity index (χ2v) is 7.79. The smallest absolute Gasteiger partial charge is 0.350 e. The maximum absolute atomic E-state index is 11.9. The average Bonchev–Trinajstić information content (AvgIpc) is 2.87. The molecule has 0 saturated heterocycles. The number of allylic oxidation sites excluding steroid dienone is 1. The van der Waals surface area contributed by atoms with Crippen molar-refractivity contribution in [2.24, 2.45) is 0 Å². The predicted molar refractivity (Wildman–Crippen MR) is 146 cm³/mol. The van der Waals surface area contributed by atoms with Crippen molar-refractivity contribution in [3.8, 4) is 11.5 Å². The third-order valence-electron chi connectivity index (χ3n) is 4.87. The zero-order chi connectivity index (χ0) is 27.5. The second kappa shape index (κ2) is 18.8. The molecule has 0 fully saturated rings. The Labute approximate surface area is 215 Å². The molecule has 0 spiro atoms. The summed E-state index contributed by atoms with van der Waals surface area (Å²) in [6, 6.07) is 9.47. The van der Waals surface area contributed by atoms with Gasteiger partial charge < -0.3 is 24.3 Å². The molecule has 200 valence electrons. The van der Waals surface area contributed by atoms with Crippen LogP contribution >= 0.6 is 0 Å². The van der Waals surface area contributed by atoms with E-state index in [0.29, 0.717) is 18.1 Å². The van der Waals surface area contributed by atoms with E-state index < -0.39 is 11.4 Å². The molecule has 2 N–H and O–H groups in total. The van der Waals surface area contributed by atoms with Crippen LogP contribution in [0.2, 0.25) is 0 Å². The lowest BCUT2D eigenvalue weighted by Gasteiger charge is -2.10. The summed E-state index contributed by atoms with van der Waals surface area (Å²) in [5, 5.41) is 12.7. The Morgan fingerprint density at radius 1 is 1.25 bits per heavy atom. The predicted octanol–water partition coefficient (Wildman–Crippen LogP) is 6.85. The number of Topliss-reactive ketones (excluding diaryl/α,β-unsaturated/α-hetero) is 1. The van der Waals surface area contributed by atoms with E-state index in [2.05, 4.69) is 37.9 Å². The van der Waals surface area contributed by atoms with Crippen molar-refractivity contribution in [2.45, 2.75) is 73.1 Å². The van der Waals surface area contributed by atoms with Gasteiger partial charge in [-0.05, 0) is 56.7 Å². The van der Waals surface area contributed by atoms with Crippen molar-refractivity contribution in [3.63, 3.8) is 0 Å². The van der Waals surface area contributed by atoms with Gasteiger partial charge in [0.1, 0.15) is 22.8 Å². The number of rotatable bonds is 12. The summed E-state index contributed by atoms with van der Waals surface area (Å²) in [6.45, 7) is 16.1. The fourth-order valence-electron chi connectivity index (χ4n) is 2.88. The molecule has 1 aromatic heterocycles. The van der Waals surface area contributed by atoms with Gasteiger partial charge in [-0.1, -0.05) is 52.8 Å². The highest BCUT2D eigenvalue weighted by Crippen LogP contribution is 2.25. The first-order valence-corrected chi connectivity index (χ1v) is 12.5. The summed E-state index contributed by atoms with van der Waals surface area (Å²) in [5.41, 5.74) is 0.191. The number of ether oxygens (including phenoxy) is 2. The van der Waals surface area contributed by atoms with Crippen LogP contribution in [0.1, 0.15) is 87.9 Å². The normalized spacial score (nSPS) is 10.9. The maximum Gasteiger partial charge on any atom is 0.350 e. The van der Waals surface area contributed by atoms with E-state index in [1.165, 1.54) is 18.7 Å². The number of benzene rings is 1. The fourth-order valence-corrected chi connectivity index (χ4v) is 2.88. The lowest BCUT2D eigenvalue weighted by atomic mass is 10.0. The number of aromatic hydroxyl groups is 1. The standard InChI is InChI=1S/C17H23NO5.C10H14O.C2H6/c1-5-13(19)16-14(20)10-15(23-17(16)21)11(2)8-6-7-9-18-12(3)22-4;1-3-7-11-10-6-4-5-9(2)8-10;1-2/h7,9-11,18,20H,3,5-6,8H2,1-2,4H3;4-6,8H,3,7H2,1-2H3;1-2H3/b9-7+;;. The molecule has 0 radical (unpaired) electrons. The van der Waals surface area contributed by atoms with E-state index in [1.54, 1.807) is 13.1 Å². The maximum atomic E-state index is 11.9. The van der Waals surface area contributed by atoms with Crippen molar-refractivity contribution in [1.82, 2.24) is 5.32 Å². The van der Waals surface area contributed by atoms with E-state index in [1.807, 2.05) is 39.0 Å². The second-order valence-electron chi connectivity index (χ2n) is 7.79. The Morgan fingerprint density at radius 3 is 2.50 bits per heavy atom. The highest BCUT2D eigenvalue weighted by atomic mass is 16.5. The summed E-state index contributed by atoms with van der Waals surface area (Å²) >= 11 is 0. The largest absolute Gasteiger partial charge is 0.507 e. The van der Waals surface area contributed by atoms with Crippen molar-refractivity contribution in [3.05, 3.63) is 82.4 Å². The SMILES string of the molecule is C=C(N/C=C/CCC(C)c1cc(O)c(C(=O)CC)c(=O)o1)OC.CC.CCCOc1cccc(C)c1. The zero-order valence-corrected chi connectivity index (χ0v) is 22.8. The van der Waals surface area contributed by atoms with Gasteiger partial charge in [-0.2, -0.15) is 0 Å². The number of carbonyl (C=O) groups is 1. The number of methoxy groups -OCH3 is 1. The molecule has 0 saturated carbocycles. The molecule has 1 unspecified atom stereocenters.